The van der Waals surface area contributed by atoms with Crippen LogP contribution in [0.15, 0.2) is 24.3 Å². The SMILES string of the molecule is CC(NCc1ccccc1OCC#N)C(=O)O. The van der Waals surface area contributed by atoms with E-state index in [1.54, 1.807) is 19.1 Å². The Balaban J connectivity index is 2.64. The van der Waals surface area contributed by atoms with Crippen molar-refractivity contribution in [3.8, 4) is 11.8 Å². The maximum Gasteiger partial charge on any atom is 0.320 e. The fourth-order valence-corrected chi connectivity index (χ4v) is 1.25. The summed E-state index contributed by atoms with van der Waals surface area (Å²) in [5.41, 5.74) is 0.829. The first kappa shape index (κ1) is 13.0. The van der Waals surface area contributed by atoms with Gasteiger partial charge in [-0.1, -0.05) is 18.2 Å². The van der Waals surface area contributed by atoms with E-state index in [9.17, 15) is 4.79 Å². The molecule has 0 aliphatic rings. The lowest BCUT2D eigenvalue weighted by molar-refractivity contribution is -0.139. The van der Waals surface area contributed by atoms with Crippen LogP contribution in [0.1, 0.15) is 12.5 Å². The zero-order valence-electron chi connectivity index (χ0n) is 9.51. The highest BCUT2D eigenvalue weighted by atomic mass is 16.5. The summed E-state index contributed by atoms with van der Waals surface area (Å²) in [7, 11) is 0. The molecule has 1 aromatic carbocycles. The van der Waals surface area contributed by atoms with Crippen molar-refractivity contribution >= 4 is 5.97 Å². The summed E-state index contributed by atoms with van der Waals surface area (Å²) < 4.78 is 5.23. The molecule has 0 radical (unpaired) electrons. The van der Waals surface area contributed by atoms with Crippen molar-refractivity contribution in [2.45, 2.75) is 19.5 Å². The van der Waals surface area contributed by atoms with Gasteiger partial charge in [-0.15, -0.1) is 0 Å². The highest BCUT2D eigenvalue weighted by Gasteiger charge is 2.10. The fraction of sp³-hybridized carbons (Fsp3) is 0.333. The summed E-state index contributed by atoms with van der Waals surface area (Å²) in [5, 5.41) is 20.0. The molecule has 0 aliphatic carbocycles. The van der Waals surface area contributed by atoms with E-state index < -0.39 is 12.0 Å². The number of rotatable bonds is 6. The van der Waals surface area contributed by atoms with Crippen molar-refractivity contribution in [2.24, 2.45) is 0 Å². The van der Waals surface area contributed by atoms with E-state index in [-0.39, 0.29) is 6.61 Å². The molecular weight excluding hydrogens is 220 g/mol. The molecule has 0 heterocycles. The second-order valence-corrected chi connectivity index (χ2v) is 3.50. The second-order valence-electron chi connectivity index (χ2n) is 3.50. The number of nitrogens with one attached hydrogen (secondary N) is 1. The standard InChI is InChI=1S/C12H14N2O3/c1-9(12(15)16)14-8-10-4-2-3-5-11(10)17-7-6-13/h2-5,9,14H,7-8H2,1H3,(H,15,16). The average Bonchev–Trinajstić information content (AvgIpc) is 2.34. The Bertz CT molecular complexity index is 426. The number of nitrogens with zero attached hydrogens (tertiary/aromatic N) is 1. The largest absolute Gasteiger partial charge is 0.480 e. The molecule has 0 spiro atoms. The van der Waals surface area contributed by atoms with Gasteiger partial charge in [0.25, 0.3) is 0 Å². The first-order chi connectivity index (χ1) is 8.15. The van der Waals surface area contributed by atoms with Crippen molar-refractivity contribution in [1.82, 2.24) is 5.32 Å². The number of carbonyl (C=O) groups is 1. The Hall–Kier alpha value is -2.06. The molecule has 0 fully saturated rings. The topological polar surface area (TPSA) is 82.3 Å². The fourth-order valence-electron chi connectivity index (χ4n) is 1.25. The van der Waals surface area contributed by atoms with Crippen LogP contribution in [0.2, 0.25) is 0 Å². The Kier molecular flexibility index (Phi) is 4.98. The monoisotopic (exact) mass is 234 g/mol. The van der Waals surface area contributed by atoms with Crippen LogP contribution in [-0.4, -0.2) is 23.7 Å². The van der Waals surface area contributed by atoms with Gasteiger partial charge in [0.1, 0.15) is 17.9 Å². The van der Waals surface area contributed by atoms with E-state index in [0.29, 0.717) is 12.3 Å². The molecular formula is C12H14N2O3. The van der Waals surface area contributed by atoms with Crippen LogP contribution in [0, 0.1) is 11.3 Å². The Morgan fingerprint density at radius 3 is 2.94 bits per heavy atom. The molecule has 0 saturated carbocycles. The third-order valence-corrected chi connectivity index (χ3v) is 2.23. The molecule has 1 aromatic rings. The van der Waals surface area contributed by atoms with Crippen LogP contribution in [0.5, 0.6) is 5.75 Å². The molecule has 1 atom stereocenters. The van der Waals surface area contributed by atoms with Gasteiger partial charge in [0, 0.05) is 12.1 Å². The first-order valence-corrected chi connectivity index (χ1v) is 5.19. The molecule has 0 saturated heterocycles. The maximum absolute atomic E-state index is 10.6. The van der Waals surface area contributed by atoms with E-state index in [1.165, 1.54) is 0 Å². The number of benzene rings is 1. The van der Waals surface area contributed by atoms with E-state index in [1.807, 2.05) is 18.2 Å². The van der Waals surface area contributed by atoms with Crippen LogP contribution < -0.4 is 10.1 Å². The quantitative estimate of drug-likeness (QED) is 0.771. The highest BCUT2D eigenvalue weighted by molar-refractivity contribution is 5.72. The number of para-hydroxylation sites is 1. The zero-order chi connectivity index (χ0) is 12.7. The van der Waals surface area contributed by atoms with Gasteiger partial charge in [-0.2, -0.15) is 5.26 Å². The minimum Gasteiger partial charge on any atom is -0.480 e. The first-order valence-electron chi connectivity index (χ1n) is 5.19. The molecule has 1 unspecified atom stereocenters. The molecule has 0 aliphatic heterocycles. The summed E-state index contributed by atoms with van der Waals surface area (Å²) in [5.74, 6) is -0.306. The highest BCUT2D eigenvalue weighted by Crippen LogP contribution is 2.17. The number of carboxylic acid groups (broad SMARTS) is 1. The van der Waals surface area contributed by atoms with Crippen LogP contribution >= 0.6 is 0 Å². The third kappa shape index (κ3) is 4.13. The molecule has 0 aromatic heterocycles. The van der Waals surface area contributed by atoms with E-state index in [4.69, 9.17) is 15.1 Å². The number of hydrogen-bond acceptors (Lipinski definition) is 4. The number of carboxylic acids is 1. The number of hydrogen-bond donors (Lipinski definition) is 2. The van der Waals surface area contributed by atoms with Crippen LogP contribution in [0.4, 0.5) is 0 Å². The van der Waals surface area contributed by atoms with Crippen LogP contribution in [-0.2, 0) is 11.3 Å². The molecule has 5 heteroatoms. The maximum atomic E-state index is 10.6. The molecule has 5 nitrogen and oxygen atoms in total. The molecule has 0 bridgehead atoms. The van der Waals surface area contributed by atoms with Gasteiger partial charge in [0.15, 0.2) is 6.61 Å². The molecule has 0 amide bonds. The Labute approximate surface area is 99.6 Å². The molecule has 17 heavy (non-hydrogen) atoms. The van der Waals surface area contributed by atoms with Gasteiger partial charge in [-0.3, -0.25) is 4.79 Å². The number of nitriles is 1. The predicted octanol–water partition coefficient (Wildman–Crippen LogP) is 1.15. The summed E-state index contributed by atoms with van der Waals surface area (Å²) in [4.78, 5) is 10.6. The average molecular weight is 234 g/mol. The van der Waals surface area contributed by atoms with E-state index in [2.05, 4.69) is 5.32 Å². The zero-order valence-corrected chi connectivity index (χ0v) is 9.51. The molecule has 90 valence electrons. The van der Waals surface area contributed by atoms with Crippen LogP contribution in [0.3, 0.4) is 0 Å². The van der Waals surface area contributed by atoms with Gasteiger partial charge in [0.05, 0.1) is 0 Å². The van der Waals surface area contributed by atoms with Gasteiger partial charge >= 0.3 is 5.97 Å². The van der Waals surface area contributed by atoms with E-state index >= 15 is 0 Å². The van der Waals surface area contributed by atoms with Crippen molar-refractivity contribution in [3.63, 3.8) is 0 Å². The summed E-state index contributed by atoms with van der Waals surface area (Å²) in [6.45, 7) is 1.93. The van der Waals surface area contributed by atoms with Gasteiger partial charge < -0.3 is 15.2 Å². The second kappa shape index (κ2) is 6.51. The summed E-state index contributed by atoms with van der Waals surface area (Å²) in [6.07, 6.45) is 0. The third-order valence-electron chi connectivity index (χ3n) is 2.23. The minimum atomic E-state index is -0.902. The summed E-state index contributed by atoms with van der Waals surface area (Å²) in [6, 6.07) is 8.48. The number of ether oxygens (including phenoxy) is 1. The van der Waals surface area contributed by atoms with Crippen molar-refractivity contribution in [2.75, 3.05) is 6.61 Å². The lowest BCUT2D eigenvalue weighted by atomic mass is 10.2. The van der Waals surface area contributed by atoms with Gasteiger partial charge in [-0.05, 0) is 13.0 Å². The Morgan fingerprint density at radius 2 is 2.29 bits per heavy atom. The number of aliphatic carboxylic acids is 1. The van der Waals surface area contributed by atoms with Crippen molar-refractivity contribution < 1.29 is 14.6 Å². The van der Waals surface area contributed by atoms with Crippen molar-refractivity contribution in [3.05, 3.63) is 29.8 Å². The van der Waals surface area contributed by atoms with Crippen LogP contribution in [0.25, 0.3) is 0 Å². The summed E-state index contributed by atoms with van der Waals surface area (Å²) >= 11 is 0. The van der Waals surface area contributed by atoms with Gasteiger partial charge in [-0.25, -0.2) is 0 Å². The van der Waals surface area contributed by atoms with Crippen molar-refractivity contribution in [1.29, 1.82) is 5.26 Å². The van der Waals surface area contributed by atoms with E-state index in [0.717, 1.165) is 5.56 Å². The lowest BCUT2D eigenvalue weighted by Gasteiger charge is -2.12. The predicted molar refractivity (Wildman–Crippen MR) is 61.5 cm³/mol. The molecule has 2 N–H and O–H groups in total. The van der Waals surface area contributed by atoms with Gasteiger partial charge in [0.2, 0.25) is 0 Å². The Morgan fingerprint density at radius 1 is 1.59 bits per heavy atom. The molecule has 1 rings (SSSR count). The normalized spacial score (nSPS) is 11.5. The minimum absolute atomic E-state index is 0.0223. The lowest BCUT2D eigenvalue weighted by Crippen LogP contribution is -2.33. The smallest absolute Gasteiger partial charge is 0.320 e.